The molecule has 0 radical (unpaired) electrons. The number of aryl methyl sites for hydroxylation is 1. The molecule has 5 nitrogen and oxygen atoms in total. The van der Waals surface area contributed by atoms with E-state index in [1.165, 1.54) is 29.8 Å². The minimum Gasteiger partial charge on any atom is -0.482 e. The standard InChI is InChI=1S/C18H18FNO4/c1-2-13-6-8-16(9-7-13)23-12-18(22)24-11-17(21)20-15-5-3-4-14(19)10-15/h3-10H,2,11-12H2,1H3,(H,20,21). The summed E-state index contributed by atoms with van der Waals surface area (Å²) in [6, 6.07) is 12.8. The largest absolute Gasteiger partial charge is 0.482 e. The Bertz CT molecular complexity index is 700. The molecule has 1 amide bonds. The van der Waals surface area contributed by atoms with E-state index in [1.807, 2.05) is 19.1 Å². The Labute approximate surface area is 139 Å². The maximum atomic E-state index is 13.0. The summed E-state index contributed by atoms with van der Waals surface area (Å²) in [7, 11) is 0. The van der Waals surface area contributed by atoms with E-state index >= 15 is 0 Å². The summed E-state index contributed by atoms with van der Waals surface area (Å²) in [6.45, 7) is 1.29. The van der Waals surface area contributed by atoms with E-state index in [1.54, 1.807) is 12.1 Å². The Hall–Kier alpha value is -2.89. The van der Waals surface area contributed by atoms with Crippen LogP contribution in [0.1, 0.15) is 12.5 Å². The molecule has 0 spiro atoms. The number of hydrogen-bond donors (Lipinski definition) is 1. The van der Waals surface area contributed by atoms with Gasteiger partial charge in [0.25, 0.3) is 5.91 Å². The summed E-state index contributed by atoms with van der Waals surface area (Å²) < 4.78 is 23.1. The lowest BCUT2D eigenvalue weighted by Crippen LogP contribution is -2.23. The second kappa shape index (κ2) is 8.67. The zero-order chi connectivity index (χ0) is 17.4. The maximum Gasteiger partial charge on any atom is 0.344 e. The predicted molar refractivity (Wildman–Crippen MR) is 87.3 cm³/mol. The number of anilines is 1. The third-order valence-corrected chi connectivity index (χ3v) is 3.16. The molecule has 1 N–H and O–H groups in total. The van der Waals surface area contributed by atoms with E-state index in [9.17, 15) is 14.0 Å². The van der Waals surface area contributed by atoms with Crippen molar-refractivity contribution in [3.05, 3.63) is 59.9 Å². The van der Waals surface area contributed by atoms with Crippen LogP contribution in [0.2, 0.25) is 0 Å². The fourth-order valence-corrected chi connectivity index (χ4v) is 1.91. The van der Waals surface area contributed by atoms with Crippen molar-refractivity contribution < 1.29 is 23.5 Å². The van der Waals surface area contributed by atoms with Gasteiger partial charge in [-0.25, -0.2) is 9.18 Å². The van der Waals surface area contributed by atoms with Crippen LogP contribution in [0.15, 0.2) is 48.5 Å². The van der Waals surface area contributed by atoms with Crippen molar-refractivity contribution in [1.82, 2.24) is 0 Å². The Morgan fingerprint density at radius 3 is 2.50 bits per heavy atom. The molecular weight excluding hydrogens is 313 g/mol. The number of benzene rings is 2. The van der Waals surface area contributed by atoms with Crippen molar-refractivity contribution in [2.75, 3.05) is 18.5 Å². The fraction of sp³-hybridized carbons (Fsp3) is 0.222. The molecule has 0 saturated carbocycles. The number of carbonyl (C=O) groups excluding carboxylic acids is 2. The predicted octanol–water partition coefficient (Wildman–Crippen LogP) is 2.95. The van der Waals surface area contributed by atoms with E-state index in [4.69, 9.17) is 9.47 Å². The van der Waals surface area contributed by atoms with Crippen LogP contribution >= 0.6 is 0 Å². The monoisotopic (exact) mass is 331 g/mol. The summed E-state index contributed by atoms with van der Waals surface area (Å²) in [5.41, 5.74) is 1.46. The van der Waals surface area contributed by atoms with Crippen LogP contribution in [0.5, 0.6) is 5.75 Å². The minimum absolute atomic E-state index is 0.293. The average Bonchev–Trinajstić information content (AvgIpc) is 2.58. The van der Waals surface area contributed by atoms with Gasteiger partial charge in [0.05, 0.1) is 0 Å². The van der Waals surface area contributed by atoms with Gasteiger partial charge < -0.3 is 14.8 Å². The van der Waals surface area contributed by atoms with Crippen molar-refractivity contribution in [2.24, 2.45) is 0 Å². The molecule has 2 aromatic rings. The summed E-state index contributed by atoms with van der Waals surface area (Å²) in [5, 5.41) is 2.43. The number of nitrogens with one attached hydrogen (secondary N) is 1. The van der Waals surface area contributed by atoms with Gasteiger partial charge in [-0.05, 0) is 42.3 Å². The molecule has 0 atom stereocenters. The van der Waals surface area contributed by atoms with Crippen molar-refractivity contribution in [3.8, 4) is 5.75 Å². The Morgan fingerprint density at radius 2 is 1.83 bits per heavy atom. The molecule has 0 bridgehead atoms. The lowest BCUT2D eigenvalue weighted by Gasteiger charge is -2.08. The molecule has 2 aromatic carbocycles. The lowest BCUT2D eigenvalue weighted by atomic mass is 10.2. The molecule has 126 valence electrons. The van der Waals surface area contributed by atoms with Crippen molar-refractivity contribution >= 4 is 17.6 Å². The molecule has 0 saturated heterocycles. The highest BCUT2D eigenvalue weighted by atomic mass is 19.1. The molecule has 0 unspecified atom stereocenters. The highest BCUT2D eigenvalue weighted by Gasteiger charge is 2.09. The Balaban J connectivity index is 1.71. The van der Waals surface area contributed by atoms with Crippen LogP contribution in [-0.2, 0) is 20.7 Å². The molecule has 24 heavy (non-hydrogen) atoms. The number of ether oxygens (including phenoxy) is 2. The van der Waals surface area contributed by atoms with Crippen LogP contribution in [0.4, 0.5) is 10.1 Å². The van der Waals surface area contributed by atoms with E-state index in [0.717, 1.165) is 6.42 Å². The number of hydrogen-bond acceptors (Lipinski definition) is 4. The van der Waals surface area contributed by atoms with E-state index in [-0.39, 0.29) is 6.61 Å². The number of halogens is 1. The highest BCUT2D eigenvalue weighted by Crippen LogP contribution is 2.12. The van der Waals surface area contributed by atoms with Gasteiger partial charge >= 0.3 is 5.97 Å². The van der Waals surface area contributed by atoms with Crippen LogP contribution in [0, 0.1) is 5.82 Å². The normalized spacial score (nSPS) is 10.1. The first kappa shape index (κ1) is 17.5. The quantitative estimate of drug-likeness (QED) is 0.792. The number of amides is 1. The van der Waals surface area contributed by atoms with Crippen LogP contribution in [-0.4, -0.2) is 25.1 Å². The van der Waals surface area contributed by atoms with E-state index in [2.05, 4.69) is 5.32 Å². The van der Waals surface area contributed by atoms with Gasteiger partial charge in [-0.15, -0.1) is 0 Å². The first-order valence-electron chi connectivity index (χ1n) is 7.49. The highest BCUT2D eigenvalue weighted by molar-refractivity contribution is 5.92. The number of esters is 1. The van der Waals surface area contributed by atoms with Gasteiger partial charge in [0, 0.05) is 5.69 Å². The molecule has 0 fully saturated rings. The van der Waals surface area contributed by atoms with Gasteiger partial charge in [0.1, 0.15) is 11.6 Å². The Kier molecular flexibility index (Phi) is 6.31. The summed E-state index contributed by atoms with van der Waals surface area (Å²) in [5.74, 6) is -1.13. The smallest absolute Gasteiger partial charge is 0.344 e. The molecule has 0 aromatic heterocycles. The second-order valence-electron chi connectivity index (χ2n) is 5.01. The summed E-state index contributed by atoms with van der Waals surface area (Å²) in [4.78, 5) is 23.2. The maximum absolute atomic E-state index is 13.0. The molecule has 2 rings (SSSR count). The van der Waals surface area contributed by atoms with Gasteiger partial charge in [-0.2, -0.15) is 0 Å². The van der Waals surface area contributed by atoms with Gasteiger partial charge in [0.2, 0.25) is 0 Å². The SMILES string of the molecule is CCc1ccc(OCC(=O)OCC(=O)Nc2cccc(F)c2)cc1. The van der Waals surface area contributed by atoms with E-state index in [0.29, 0.717) is 11.4 Å². The Morgan fingerprint density at radius 1 is 1.08 bits per heavy atom. The first-order chi connectivity index (χ1) is 11.6. The third kappa shape index (κ3) is 5.72. The molecule has 6 heteroatoms. The van der Waals surface area contributed by atoms with Gasteiger partial charge in [-0.1, -0.05) is 25.1 Å². The van der Waals surface area contributed by atoms with Crippen LogP contribution in [0.25, 0.3) is 0 Å². The zero-order valence-corrected chi connectivity index (χ0v) is 13.3. The molecule has 0 aliphatic carbocycles. The van der Waals surface area contributed by atoms with E-state index < -0.39 is 24.3 Å². The molecular formula is C18H18FNO4. The van der Waals surface area contributed by atoms with Gasteiger partial charge in [-0.3, -0.25) is 4.79 Å². The van der Waals surface area contributed by atoms with Crippen LogP contribution < -0.4 is 10.1 Å². The number of carbonyl (C=O) groups is 2. The van der Waals surface area contributed by atoms with Crippen molar-refractivity contribution in [2.45, 2.75) is 13.3 Å². The topological polar surface area (TPSA) is 64.6 Å². The molecule has 0 aliphatic heterocycles. The third-order valence-electron chi connectivity index (χ3n) is 3.16. The molecule has 0 aliphatic rings. The molecule has 0 heterocycles. The zero-order valence-electron chi connectivity index (χ0n) is 13.3. The van der Waals surface area contributed by atoms with Crippen molar-refractivity contribution in [1.29, 1.82) is 0 Å². The second-order valence-corrected chi connectivity index (χ2v) is 5.01. The fourth-order valence-electron chi connectivity index (χ4n) is 1.91. The van der Waals surface area contributed by atoms with Gasteiger partial charge in [0.15, 0.2) is 13.2 Å². The lowest BCUT2D eigenvalue weighted by molar-refractivity contribution is -0.149. The number of rotatable bonds is 7. The first-order valence-corrected chi connectivity index (χ1v) is 7.49. The van der Waals surface area contributed by atoms with Crippen molar-refractivity contribution in [3.63, 3.8) is 0 Å². The summed E-state index contributed by atoms with van der Waals surface area (Å²) in [6.07, 6.45) is 0.919. The summed E-state index contributed by atoms with van der Waals surface area (Å²) >= 11 is 0. The minimum atomic E-state index is -0.663. The van der Waals surface area contributed by atoms with Crippen LogP contribution in [0.3, 0.4) is 0 Å². The average molecular weight is 331 g/mol.